The lowest BCUT2D eigenvalue weighted by molar-refractivity contribution is -0.161. The maximum atomic E-state index is 12.5. The van der Waals surface area contributed by atoms with E-state index in [0.717, 1.165) is 32.1 Å². The van der Waals surface area contributed by atoms with Crippen LogP contribution in [0.25, 0.3) is 0 Å². The van der Waals surface area contributed by atoms with Gasteiger partial charge in [-0.3, -0.25) is 18.6 Å². The van der Waals surface area contributed by atoms with Gasteiger partial charge >= 0.3 is 19.8 Å². The predicted octanol–water partition coefficient (Wildman–Crippen LogP) is 9.89. The smallest absolute Gasteiger partial charge is 0.462 e. The predicted molar refractivity (Wildman–Crippen MR) is 196 cm³/mol. The molecule has 10 nitrogen and oxygen atoms in total. The molecule has 0 fully saturated rings. The van der Waals surface area contributed by atoms with Crippen LogP contribution in [0.2, 0.25) is 0 Å². The monoisotopic (exact) mass is 723 g/mol. The molecule has 292 valence electrons. The van der Waals surface area contributed by atoms with E-state index in [1.165, 1.54) is 122 Å². The van der Waals surface area contributed by atoms with Crippen molar-refractivity contribution in [3.8, 4) is 0 Å². The van der Waals surface area contributed by atoms with Gasteiger partial charge in [-0.05, 0) is 12.8 Å². The van der Waals surface area contributed by atoms with Crippen molar-refractivity contribution in [2.24, 2.45) is 0 Å². The third kappa shape index (κ3) is 35.2. The Hall–Kier alpha value is -1.03. The van der Waals surface area contributed by atoms with Gasteiger partial charge in [0.1, 0.15) is 12.7 Å². The average molecular weight is 723 g/mol. The molecule has 0 bridgehead atoms. The number of hydrogen-bond acceptors (Lipinski definition) is 9. The van der Waals surface area contributed by atoms with E-state index in [2.05, 4.69) is 11.4 Å². The van der Waals surface area contributed by atoms with Crippen LogP contribution in [0.15, 0.2) is 0 Å². The number of aliphatic hydroxyl groups is 2. The maximum absolute atomic E-state index is 12.5. The van der Waals surface area contributed by atoms with Gasteiger partial charge in [0.25, 0.3) is 0 Å². The standard InChI is InChI=1S/C38H75O10P/c1-3-5-7-8-9-10-11-12-13-14-15-16-17-18-19-20-21-22-23-24-25-26-28-30-38(42)48-36(33-45-37(41)29-27-6-4-2)34-47-49(43,44)46-32-35(40)31-39/h35-36,39-40H,3-34H2,1-2H3,(H,43,44). The molecule has 11 heteroatoms. The number of unbranched alkanes of at least 4 members (excludes halogenated alkanes) is 24. The second-order valence-electron chi connectivity index (χ2n) is 13.7. The highest BCUT2D eigenvalue weighted by Gasteiger charge is 2.27. The highest BCUT2D eigenvalue weighted by Crippen LogP contribution is 2.43. The SMILES string of the molecule is CCCCCCCCCCCCCCCCCCCCCCCCCC(=O)OC(COC(=O)CCCCC)COP(=O)(O)OCC(O)CO. The van der Waals surface area contributed by atoms with Crippen LogP contribution in [0, 0.1) is 0 Å². The summed E-state index contributed by atoms with van der Waals surface area (Å²) < 4.78 is 32.2. The molecular weight excluding hydrogens is 647 g/mol. The number of aliphatic hydroxyl groups excluding tert-OH is 2. The molecule has 0 saturated heterocycles. The molecule has 0 aromatic heterocycles. The summed E-state index contributed by atoms with van der Waals surface area (Å²) in [6.45, 7) is 2.20. The summed E-state index contributed by atoms with van der Waals surface area (Å²) in [7, 11) is -4.59. The highest BCUT2D eigenvalue weighted by atomic mass is 31.2. The number of carbonyl (C=O) groups is 2. The summed E-state index contributed by atoms with van der Waals surface area (Å²) in [5.41, 5.74) is 0. The average Bonchev–Trinajstić information content (AvgIpc) is 3.08. The molecule has 0 aliphatic heterocycles. The van der Waals surface area contributed by atoms with Crippen LogP contribution >= 0.6 is 7.82 Å². The number of rotatable bonds is 38. The molecule has 0 aliphatic rings. The van der Waals surface area contributed by atoms with Crippen molar-refractivity contribution in [1.29, 1.82) is 0 Å². The Morgan fingerprint density at radius 1 is 0.531 bits per heavy atom. The van der Waals surface area contributed by atoms with E-state index in [4.69, 9.17) is 19.1 Å². The van der Waals surface area contributed by atoms with Crippen molar-refractivity contribution in [2.75, 3.05) is 26.4 Å². The molecule has 0 aliphatic carbocycles. The van der Waals surface area contributed by atoms with Crippen LogP contribution in [0.1, 0.15) is 194 Å². The molecular formula is C38H75O10P. The number of hydrogen-bond donors (Lipinski definition) is 3. The topological polar surface area (TPSA) is 149 Å². The van der Waals surface area contributed by atoms with Gasteiger partial charge in [-0.15, -0.1) is 0 Å². The third-order valence-corrected chi connectivity index (χ3v) is 9.71. The Morgan fingerprint density at radius 3 is 1.31 bits per heavy atom. The van der Waals surface area contributed by atoms with Gasteiger partial charge in [-0.2, -0.15) is 0 Å². The highest BCUT2D eigenvalue weighted by molar-refractivity contribution is 7.47. The van der Waals surface area contributed by atoms with Crippen molar-refractivity contribution in [3.05, 3.63) is 0 Å². The van der Waals surface area contributed by atoms with Crippen LogP contribution in [0.3, 0.4) is 0 Å². The fourth-order valence-corrected chi connectivity index (χ4v) is 6.43. The van der Waals surface area contributed by atoms with E-state index >= 15 is 0 Å². The Morgan fingerprint density at radius 2 is 0.878 bits per heavy atom. The third-order valence-electron chi connectivity index (χ3n) is 8.76. The minimum Gasteiger partial charge on any atom is -0.462 e. The van der Waals surface area contributed by atoms with Crippen molar-refractivity contribution < 1.29 is 47.8 Å². The zero-order valence-corrected chi connectivity index (χ0v) is 32.3. The Bertz CT molecular complexity index is 796. The summed E-state index contributed by atoms with van der Waals surface area (Å²) in [5.74, 6) is -0.942. The second-order valence-corrected chi connectivity index (χ2v) is 15.1. The zero-order valence-electron chi connectivity index (χ0n) is 31.4. The van der Waals surface area contributed by atoms with E-state index in [0.29, 0.717) is 12.8 Å². The van der Waals surface area contributed by atoms with Gasteiger partial charge in [0, 0.05) is 12.8 Å². The van der Waals surface area contributed by atoms with Crippen LogP contribution in [-0.2, 0) is 32.7 Å². The number of esters is 2. The van der Waals surface area contributed by atoms with Crippen molar-refractivity contribution in [1.82, 2.24) is 0 Å². The maximum Gasteiger partial charge on any atom is 0.472 e. The minimum atomic E-state index is -4.59. The van der Waals surface area contributed by atoms with Gasteiger partial charge in [-0.25, -0.2) is 4.57 Å². The van der Waals surface area contributed by atoms with Gasteiger partial charge in [0.05, 0.1) is 19.8 Å². The van der Waals surface area contributed by atoms with E-state index in [9.17, 15) is 24.2 Å². The normalized spacial score (nSPS) is 14.0. The Labute approximate surface area is 299 Å². The number of ether oxygens (including phenoxy) is 2. The van der Waals surface area contributed by atoms with Gasteiger partial charge < -0.3 is 24.6 Å². The fourth-order valence-electron chi connectivity index (χ4n) is 5.64. The van der Waals surface area contributed by atoms with Crippen molar-refractivity contribution in [2.45, 2.75) is 206 Å². The van der Waals surface area contributed by atoms with E-state index in [1.54, 1.807) is 0 Å². The van der Waals surface area contributed by atoms with E-state index in [1.807, 2.05) is 6.92 Å². The first-order chi connectivity index (χ1) is 23.7. The van der Waals surface area contributed by atoms with Crippen molar-refractivity contribution in [3.63, 3.8) is 0 Å². The van der Waals surface area contributed by atoms with Crippen molar-refractivity contribution >= 4 is 19.8 Å². The number of phosphoric acid groups is 1. The second kappa shape index (κ2) is 35.4. The molecule has 3 unspecified atom stereocenters. The quantitative estimate of drug-likeness (QED) is 0.0319. The first-order valence-corrected chi connectivity index (χ1v) is 21.5. The molecule has 0 spiro atoms. The van der Waals surface area contributed by atoms with Gasteiger partial charge in [-0.1, -0.05) is 168 Å². The molecule has 0 radical (unpaired) electrons. The molecule has 3 atom stereocenters. The summed E-state index contributed by atoms with van der Waals surface area (Å²) in [6, 6.07) is 0. The van der Waals surface area contributed by atoms with E-state index in [-0.39, 0.29) is 19.4 Å². The molecule has 0 aromatic rings. The van der Waals surface area contributed by atoms with Crippen LogP contribution in [0.5, 0.6) is 0 Å². The minimum absolute atomic E-state index is 0.191. The largest absolute Gasteiger partial charge is 0.472 e. The molecule has 0 amide bonds. The fraction of sp³-hybridized carbons (Fsp3) is 0.947. The van der Waals surface area contributed by atoms with Crippen LogP contribution in [0.4, 0.5) is 0 Å². The van der Waals surface area contributed by atoms with Crippen LogP contribution in [-0.4, -0.2) is 65.7 Å². The summed E-state index contributed by atoms with van der Waals surface area (Å²) in [5, 5.41) is 18.2. The summed E-state index contributed by atoms with van der Waals surface area (Å²) in [6.07, 6.45) is 30.4. The summed E-state index contributed by atoms with van der Waals surface area (Å²) in [4.78, 5) is 34.3. The molecule has 0 heterocycles. The molecule has 49 heavy (non-hydrogen) atoms. The molecule has 3 N–H and O–H groups in total. The van der Waals surface area contributed by atoms with Gasteiger partial charge in [0.2, 0.25) is 0 Å². The number of phosphoric ester groups is 1. The number of carbonyl (C=O) groups excluding carboxylic acids is 2. The lowest BCUT2D eigenvalue weighted by atomic mass is 10.0. The lowest BCUT2D eigenvalue weighted by Crippen LogP contribution is -2.29. The lowest BCUT2D eigenvalue weighted by Gasteiger charge is -2.20. The zero-order chi connectivity index (χ0) is 36.3. The molecule has 0 aromatic carbocycles. The van der Waals surface area contributed by atoms with E-state index < -0.39 is 51.8 Å². The first kappa shape index (κ1) is 48.0. The van der Waals surface area contributed by atoms with Crippen LogP contribution < -0.4 is 0 Å². The molecule has 0 saturated carbocycles. The van der Waals surface area contributed by atoms with Gasteiger partial charge in [0.15, 0.2) is 6.10 Å². The first-order valence-electron chi connectivity index (χ1n) is 20.0. The summed E-state index contributed by atoms with van der Waals surface area (Å²) >= 11 is 0. The Balaban J connectivity index is 3.91. The molecule has 0 rings (SSSR count). The Kier molecular flexibility index (Phi) is 34.6.